The largest absolute Gasteiger partial charge is 0.478 e. The number of halogens is 1. The normalized spacial score (nSPS) is 21.6. The lowest BCUT2D eigenvalue weighted by atomic mass is 9.82. The van der Waals surface area contributed by atoms with Crippen molar-refractivity contribution >= 4 is 11.8 Å². The van der Waals surface area contributed by atoms with Gasteiger partial charge < -0.3 is 23.8 Å². The first kappa shape index (κ1) is 23.9. The summed E-state index contributed by atoms with van der Waals surface area (Å²) in [4.78, 5) is 35.8. The Labute approximate surface area is 196 Å². The summed E-state index contributed by atoms with van der Waals surface area (Å²) < 4.78 is 36.3. The molecule has 2 fully saturated rings. The number of aromatic nitrogens is 1. The molecule has 0 N–H and O–H groups in total. The summed E-state index contributed by atoms with van der Waals surface area (Å²) in [5, 5.41) is 1.03. The number of hydroxylamine groups is 2. The van der Waals surface area contributed by atoms with E-state index >= 15 is 0 Å². The SMILES string of the molecule is COc1nc(C(=O)N2CC[C@]3(c4cccc(F)c4)OCO[C@@H]3C2)ccc1OCC(=O)N(C)OC. The van der Waals surface area contributed by atoms with Crippen LogP contribution in [0.15, 0.2) is 36.4 Å². The first-order chi connectivity index (χ1) is 16.4. The molecule has 0 spiro atoms. The Kier molecular flexibility index (Phi) is 6.96. The molecule has 0 radical (unpaired) electrons. The Morgan fingerprint density at radius 2 is 2.12 bits per heavy atom. The van der Waals surface area contributed by atoms with Gasteiger partial charge in [0.2, 0.25) is 0 Å². The third-order valence-corrected chi connectivity index (χ3v) is 6.06. The number of benzene rings is 1. The van der Waals surface area contributed by atoms with Crippen molar-refractivity contribution in [2.24, 2.45) is 0 Å². The number of fused-ring (bicyclic) bond motifs is 1. The summed E-state index contributed by atoms with van der Waals surface area (Å²) in [5.74, 6) is -0.783. The average Bonchev–Trinajstić information content (AvgIpc) is 3.30. The molecule has 2 atom stereocenters. The van der Waals surface area contributed by atoms with Gasteiger partial charge >= 0.3 is 0 Å². The topological polar surface area (TPSA) is 99.7 Å². The quantitative estimate of drug-likeness (QED) is 0.559. The number of likely N-dealkylation sites (tertiary alicyclic amines) is 1. The number of likely N-dealkylation sites (N-methyl/N-ethyl adjacent to an activating group) is 1. The van der Waals surface area contributed by atoms with Gasteiger partial charge in [-0.25, -0.2) is 14.4 Å². The standard InChI is InChI=1S/C23H26FN3O7/c1-26(31-3)20(28)13-32-18-8-7-17(25-21(18)30-2)22(29)27-10-9-23(19(12-27)33-14-34-23)15-5-4-6-16(24)11-15/h4-8,11,19H,9-10,12-14H2,1-3H3/t19-,23-/m1/s1. The number of piperidine rings is 1. The predicted octanol–water partition coefficient (Wildman–Crippen LogP) is 1.74. The molecule has 0 unspecified atom stereocenters. The fourth-order valence-corrected chi connectivity index (χ4v) is 4.12. The molecule has 1 aromatic carbocycles. The Morgan fingerprint density at radius 1 is 1.29 bits per heavy atom. The van der Waals surface area contributed by atoms with Crippen molar-refractivity contribution in [3.63, 3.8) is 0 Å². The summed E-state index contributed by atoms with van der Waals surface area (Å²) in [5.41, 5.74) is 0.0441. The second kappa shape index (κ2) is 9.92. The van der Waals surface area contributed by atoms with Gasteiger partial charge in [-0.1, -0.05) is 12.1 Å². The predicted molar refractivity (Wildman–Crippen MR) is 115 cm³/mol. The van der Waals surface area contributed by atoms with Gasteiger partial charge in [0, 0.05) is 20.0 Å². The highest BCUT2D eigenvalue weighted by molar-refractivity contribution is 5.92. The van der Waals surface area contributed by atoms with Crippen LogP contribution in [0.4, 0.5) is 4.39 Å². The zero-order chi connectivity index (χ0) is 24.3. The monoisotopic (exact) mass is 475 g/mol. The zero-order valence-electron chi connectivity index (χ0n) is 19.2. The molecule has 2 aromatic rings. The molecule has 2 aliphatic heterocycles. The van der Waals surface area contributed by atoms with Gasteiger partial charge in [-0.2, -0.15) is 0 Å². The minimum Gasteiger partial charge on any atom is -0.478 e. The van der Waals surface area contributed by atoms with Crippen molar-refractivity contribution in [2.75, 3.05) is 47.8 Å². The number of hydrogen-bond acceptors (Lipinski definition) is 8. The number of carbonyl (C=O) groups is 2. The molecule has 2 aliphatic rings. The first-order valence-electron chi connectivity index (χ1n) is 10.7. The fourth-order valence-electron chi connectivity index (χ4n) is 4.12. The number of ether oxygens (including phenoxy) is 4. The number of amides is 2. The summed E-state index contributed by atoms with van der Waals surface area (Å²) in [6.45, 7) is 0.409. The highest BCUT2D eigenvalue weighted by Gasteiger charge is 2.51. The molecule has 182 valence electrons. The molecule has 4 rings (SSSR count). The first-order valence-corrected chi connectivity index (χ1v) is 10.7. The molecule has 3 heterocycles. The maximum Gasteiger partial charge on any atom is 0.283 e. The Balaban J connectivity index is 1.47. The molecule has 0 bridgehead atoms. The number of pyridine rings is 1. The number of rotatable bonds is 7. The lowest BCUT2D eigenvalue weighted by Crippen LogP contribution is -2.53. The van der Waals surface area contributed by atoms with Crippen molar-refractivity contribution in [3.05, 3.63) is 53.5 Å². The summed E-state index contributed by atoms with van der Waals surface area (Å²) in [6.07, 6.45) is 0.000583. The van der Waals surface area contributed by atoms with Gasteiger partial charge in [-0.05, 0) is 29.8 Å². The van der Waals surface area contributed by atoms with Crippen LogP contribution in [-0.4, -0.2) is 80.6 Å². The number of methoxy groups -OCH3 is 1. The van der Waals surface area contributed by atoms with Gasteiger partial charge in [0.25, 0.3) is 17.7 Å². The minimum atomic E-state index is -0.802. The highest BCUT2D eigenvalue weighted by atomic mass is 19.1. The maximum absolute atomic E-state index is 13.8. The van der Waals surface area contributed by atoms with E-state index in [1.54, 1.807) is 11.0 Å². The molecular formula is C23H26FN3O7. The van der Waals surface area contributed by atoms with Gasteiger partial charge in [0.15, 0.2) is 12.4 Å². The number of hydrogen-bond donors (Lipinski definition) is 0. The second-order valence-corrected chi connectivity index (χ2v) is 7.88. The Bertz CT molecular complexity index is 1070. The van der Waals surface area contributed by atoms with E-state index in [0.29, 0.717) is 18.5 Å². The average molecular weight is 475 g/mol. The van der Waals surface area contributed by atoms with Crippen molar-refractivity contribution < 1.29 is 37.8 Å². The Hall–Kier alpha value is -3.28. The number of nitrogens with zero attached hydrogens (tertiary/aromatic N) is 3. The molecule has 34 heavy (non-hydrogen) atoms. The van der Waals surface area contributed by atoms with E-state index in [9.17, 15) is 14.0 Å². The summed E-state index contributed by atoms with van der Waals surface area (Å²) in [7, 11) is 4.22. The molecule has 10 nitrogen and oxygen atoms in total. The van der Waals surface area contributed by atoms with Crippen LogP contribution in [0.5, 0.6) is 11.6 Å². The number of carbonyl (C=O) groups excluding carboxylic acids is 2. The van der Waals surface area contributed by atoms with Crippen LogP contribution >= 0.6 is 0 Å². The van der Waals surface area contributed by atoms with Crippen LogP contribution in [0.25, 0.3) is 0 Å². The van der Waals surface area contributed by atoms with Gasteiger partial charge in [-0.15, -0.1) is 0 Å². The lowest BCUT2D eigenvalue weighted by Gasteiger charge is -2.41. The van der Waals surface area contributed by atoms with E-state index in [4.69, 9.17) is 23.8 Å². The van der Waals surface area contributed by atoms with E-state index in [0.717, 1.165) is 5.06 Å². The molecule has 1 aromatic heterocycles. The van der Waals surface area contributed by atoms with Gasteiger partial charge in [0.1, 0.15) is 30.0 Å². The van der Waals surface area contributed by atoms with E-state index in [1.807, 2.05) is 6.07 Å². The smallest absolute Gasteiger partial charge is 0.283 e. The third-order valence-electron chi connectivity index (χ3n) is 6.06. The van der Waals surface area contributed by atoms with Crippen molar-refractivity contribution in [3.8, 4) is 11.6 Å². The second-order valence-electron chi connectivity index (χ2n) is 7.88. The summed E-state index contributed by atoms with van der Waals surface area (Å²) >= 11 is 0. The Morgan fingerprint density at radius 3 is 2.85 bits per heavy atom. The highest BCUT2D eigenvalue weighted by Crippen LogP contribution is 2.43. The van der Waals surface area contributed by atoms with Crippen LogP contribution in [0.3, 0.4) is 0 Å². The minimum absolute atomic E-state index is 0.0678. The maximum atomic E-state index is 13.8. The fraction of sp³-hybridized carbons (Fsp3) is 0.435. The van der Waals surface area contributed by atoms with Crippen LogP contribution in [0.1, 0.15) is 22.5 Å². The molecule has 2 amide bonds. The van der Waals surface area contributed by atoms with Gasteiger partial charge in [0.05, 0.1) is 20.8 Å². The zero-order valence-corrected chi connectivity index (χ0v) is 19.2. The molecule has 2 saturated heterocycles. The molecule has 0 aliphatic carbocycles. The van der Waals surface area contributed by atoms with E-state index in [1.165, 1.54) is 45.5 Å². The molecular weight excluding hydrogens is 449 g/mol. The van der Waals surface area contributed by atoms with Crippen molar-refractivity contribution in [1.29, 1.82) is 0 Å². The van der Waals surface area contributed by atoms with Crippen molar-refractivity contribution in [2.45, 2.75) is 18.1 Å². The van der Waals surface area contributed by atoms with E-state index < -0.39 is 17.6 Å². The van der Waals surface area contributed by atoms with Gasteiger partial charge in [-0.3, -0.25) is 14.4 Å². The van der Waals surface area contributed by atoms with Crippen LogP contribution in [0, 0.1) is 5.82 Å². The molecule has 0 saturated carbocycles. The third kappa shape index (κ3) is 4.54. The van der Waals surface area contributed by atoms with Crippen LogP contribution in [-0.2, 0) is 24.7 Å². The van der Waals surface area contributed by atoms with E-state index in [2.05, 4.69) is 4.98 Å². The van der Waals surface area contributed by atoms with Crippen molar-refractivity contribution in [1.82, 2.24) is 14.9 Å². The van der Waals surface area contributed by atoms with E-state index in [-0.39, 0.29) is 49.0 Å². The lowest BCUT2D eigenvalue weighted by molar-refractivity contribution is -0.170. The van der Waals surface area contributed by atoms with Crippen LogP contribution < -0.4 is 9.47 Å². The van der Waals surface area contributed by atoms with Crippen LogP contribution in [0.2, 0.25) is 0 Å². The molecule has 11 heteroatoms. The summed E-state index contributed by atoms with van der Waals surface area (Å²) in [6, 6.07) is 9.29.